The number of thiocarbonyl (C=S) groups is 1. The number of hydrogen-bond acceptors (Lipinski definition) is 5. The first-order valence-corrected chi connectivity index (χ1v) is 8.13. The molecular formula is C12H13N3S3. The van der Waals surface area contributed by atoms with Crippen molar-refractivity contribution in [2.24, 2.45) is 5.73 Å². The van der Waals surface area contributed by atoms with E-state index >= 15 is 0 Å². The van der Waals surface area contributed by atoms with E-state index in [0.29, 0.717) is 10.7 Å². The first kappa shape index (κ1) is 12.3. The molecule has 0 aliphatic heterocycles. The van der Waals surface area contributed by atoms with E-state index in [9.17, 15) is 0 Å². The van der Waals surface area contributed by atoms with Crippen molar-refractivity contribution in [3.63, 3.8) is 0 Å². The Balaban J connectivity index is 2.08. The Morgan fingerprint density at radius 1 is 1.39 bits per heavy atom. The Morgan fingerprint density at radius 3 is 3.06 bits per heavy atom. The van der Waals surface area contributed by atoms with Crippen molar-refractivity contribution in [1.29, 1.82) is 0 Å². The van der Waals surface area contributed by atoms with Gasteiger partial charge in [-0.3, -0.25) is 0 Å². The van der Waals surface area contributed by atoms with Gasteiger partial charge in [-0.25, -0.2) is 9.97 Å². The van der Waals surface area contributed by atoms with Crippen LogP contribution in [0.1, 0.15) is 23.3 Å². The lowest BCUT2D eigenvalue weighted by atomic mass is 9.97. The first-order valence-electron chi connectivity index (χ1n) is 5.92. The van der Waals surface area contributed by atoms with Crippen LogP contribution < -0.4 is 5.73 Å². The summed E-state index contributed by atoms with van der Waals surface area (Å²) in [4.78, 5) is 11.9. The lowest BCUT2D eigenvalue weighted by Crippen LogP contribution is -2.10. The van der Waals surface area contributed by atoms with Gasteiger partial charge >= 0.3 is 0 Å². The quantitative estimate of drug-likeness (QED) is 0.536. The number of aromatic nitrogens is 2. The van der Waals surface area contributed by atoms with E-state index in [1.807, 2.05) is 11.3 Å². The topological polar surface area (TPSA) is 51.8 Å². The summed E-state index contributed by atoms with van der Waals surface area (Å²) in [5.74, 6) is 0.645. The number of rotatable bonds is 3. The Bertz CT molecular complexity index is 606. The Labute approximate surface area is 119 Å². The molecular weight excluding hydrogens is 282 g/mol. The molecule has 2 aromatic heterocycles. The van der Waals surface area contributed by atoms with Gasteiger partial charge in [0.1, 0.15) is 16.2 Å². The fraction of sp³-hybridized carbons (Fsp3) is 0.417. The molecule has 0 unspecified atom stereocenters. The van der Waals surface area contributed by atoms with Gasteiger partial charge in [0.2, 0.25) is 0 Å². The van der Waals surface area contributed by atoms with Gasteiger partial charge in [0.25, 0.3) is 0 Å². The molecule has 0 atom stereocenters. The maximum absolute atomic E-state index is 5.57. The smallest absolute Gasteiger partial charge is 0.128 e. The van der Waals surface area contributed by atoms with E-state index in [-0.39, 0.29) is 0 Å². The van der Waals surface area contributed by atoms with Crippen LogP contribution in [0.3, 0.4) is 0 Å². The highest BCUT2D eigenvalue weighted by Gasteiger charge is 2.19. The molecule has 6 heteroatoms. The zero-order valence-electron chi connectivity index (χ0n) is 9.81. The van der Waals surface area contributed by atoms with Crippen LogP contribution >= 0.6 is 35.3 Å². The molecule has 18 heavy (non-hydrogen) atoms. The van der Waals surface area contributed by atoms with Crippen LogP contribution in [0.2, 0.25) is 0 Å². The van der Waals surface area contributed by atoms with Crippen molar-refractivity contribution < 1.29 is 0 Å². The fourth-order valence-electron chi connectivity index (χ4n) is 2.31. The van der Waals surface area contributed by atoms with E-state index in [0.717, 1.165) is 16.3 Å². The number of thioether (sulfide) groups is 1. The van der Waals surface area contributed by atoms with E-state index in [1.165, 1.54) is 35.1 Å². The number of nitrogens with zero attached hydrogens (tertiary/aromatic N) is 2. The maximum atomic E-state index is 5.57. The van der Waals surface area contributed by atoms with Gasteiger partial charge in [0.15, 0.2) is 0 Å². The van der Waals surface area contributed by atoms with Crippen molar-refractivity contribution in [2.45, 2.75) is 30.7 Å². The summed E-state index contributed by atoms with van der Waals surface area (Å²) in [6.45, 7) is 0. The molecule has 0 radical (unpaired) electrons. The molecule has 0 bridgehead atoms. The predicted molar refractivity (Wildman–Crippen MR) is 81.6 cm³/mol. The molecule has 0 amide bonds. The highest BCUT2D eigenvalue weighted by Crippen LogP contribution is 2.39. The van der Waals surface area contributed by atoms with E-state index in [2.05, 4.69) is 9.97 Å². The Kier molecular flexibility index (Phi) is 3.50. The molecule has 0 fully saturated rings. The van der Waals surface area contributed by atoms with Gasteiger partial charge in [-0.2, -0.15) is 0 Å². The normalized spacial score (nSPS) is 14.7. The van der Waals surface area contributed by atoms with Crippen LogP contribution in [-0.2, 0) is 12.8 Å². The summed E-state index contributed by atoms with van der Waals surface area (Å²) in [5.41, 5.74) is 7.03. The van der Waals surface area contributed by atoms with Crippen molar-refractivity contribution in [3.05, 3.63) is 16.8 Å². The summed E-state index contributed by atoms with van der Waals surface area (Å²) < 4.78 is 0. The summed E-state index contributed by atoms with van der Waals surface area (Å²) in [7, 11) is 0. The van der Waals surface area contributed by atoms with Crippen molar-refractivity contribution in [2.75, 3.05) is 5.75 Å². The highest BCUT2D eigenvalue weighted by molar-refractivity contribution is 8.01. The Morgan fingerprint density at radius 2 is 2.22 bits per heavy atom. The van der Waals surface area contributed by atoms with Crippen molar-refractivity contribution >= 4 is 50.5 Å². The monoisotopic (exact) mass is 295 g/mol. The molecule has 2 aromatic rings. The molecule has 2 heterocycles. The third kappa shape index (κ3) is 2.24. The minimum atomic E-state index is 0.524. The zero-order valence-corrected chi connectivity index (χ0v) is 12.3. The van der Waals surface area contributed by atoms with Crippen LogP contribution in [0.25, 0.3) is 10.2 Å². The highest BCUT2D eigenvalue weighted by atomic mass is 32.2. The molecule has 1 aliphatic carbocycles. The van der Waals surface area contributed by atoms with Crippen LogP contribution in [0, 0.1) is 0 Å². The Hall–Kier alpha value is -0.720. The van der Waals surface area contributed by atoms with Crippen LogP contribution in [0.4, 0.5) is 0 Å². The second-order valence-electron chi connectivity index (χ2n) is 4.32. The number of fused-ring (bicyclic) bond motifs is 3. The van der Waals surface area contributed by atoms with Gasteiger partial charge in [-0.15, -0.1) is 11.3 Å². The second-order valence-corrected chi connectivity index (χ2v) is 6.90. The summed E-state index contributed by atoms with van der Waals surface area (Å²) in [5, 5.41) is 2.28. The number of thiophene rings is 1. The zero-order chi connectivity index (χ0) is 12.5. The molecule has 0 spiro atoms. The summed E-state index contributed by atoms with van der Waals surface area (Å²) in [6, 6.07) is 0. The largest absolute Gasteiger partial charge is 0.393 e. The minimum absolute atomic E-state index is 0.524. The predicted octanol–water partition coefficient (Wildman–Crippen LogP) is 2.95. The standard InChI is InChI=1S/C12H13N3S3/c13-9(16)5-17-11-10-7-3-1-2-4-8(7)18-12(10)15-6-14-11/h6H,1-5H2,(H2,13,16). The number of aryl methyl sites for hydroxylation is 2. The van der Waals surface area contributed by atoms with Gasteiger partial charge in [0.05, 0.1) is 4.99 Å². The summed E-state index contributed by atoms with van der Waals surface area (Å²) >= 11 is 8.38. The average molecular weight is 295 g/mol. The lowest BCUT2D eigenvalue weighted by Gasteiger charge is -2.11. The van der Waals surface area contributed by atoms with E-state index < -0.39 is 0 Å². The van der Waals surface area contributed by atoms with Crippen molar-refractivity contribution in [3.8, 4) is 0 Å². The van der Waals surface area contributed by atoms with Crippen LogP contribution in [0.15, 0.2) is 11.4 Å². The third-order valence-corrected chi connectivity index (χ3v) is 5.63. The van der Waals surface area contributed by atoms with Crippen molar-refractivity contribution in [1.82, 2.24) is 9.97 Å². The SMILES string of the molecule is NC(=S)CSc1ncnc2sc3c(c12)CCCC3. The average Bonchev–Trinajstić information content (AvgIpc) is 2.75. The molecule has 1 aliphatic rings. The maximum Gasteiger partial charge on any atom is 0.128 e. The van der Waals surface area contributed by atoms with Gasteiger partial charge in [-0.05, 0) is 31.2 Å². The third-order valence-electron chi connectivity index (χ3n) is 3.07. The molecule has 0 saturated carbocycles. The number of nitrogens with two attached hydrogens (primary N) is 1. The number of hydrogen-bond donors (Lipinski definition) is 1. The molecule has 3 rings (SSSR count). The minimum Gasteiger partial charge on any atom is -0.393 e. The van der Waals surface area contributed by atoms with E-state index in [4.69, 9.17) is 18.0 Å². The fourth-order valence-corrected chi connectivity index (χ4v) is 4.55. The lowest BCUT2D eigenvalue weighted by molar-refractivity contribution is 0.699. The summed E-state index contributed by atoms with van der Waals surface area (Å²) in [6.07, 6.45) is 6.56. The molecule has 0 saturated heterocycles. The first-order chi connectivity index (χ1) is 8.75. The van der Waals surface area contributed by atoms with E-state index in [1.54, 1.807) is 18.1 Å². The molecule has 94 valence electrons. The molecule has 2 N–H and O–H groups in total. The molecule has 0 aromatic carbocycles. The van der Waals surface area contributed by atoms with Crippen LogP contribution in [-0.4, -0.2) is 20.7 Å². The van der Waals surface area contributed by atoms with Gasteiger partial charge in [-0.1, -0.05) is 24.0 Å². The van der Waals surface area contributed by atoms with Crippen LogP contribution in [0.5, 0.6) is 0 Å². The second kappa shape index (κ2) is 5.11. The van der Waals surface area contributed by atoms with Gasteiger partial charge in [0, 0.05) is 16.0 Å². The molecule has 3 nitrogen and oxygen atoms in total. The van der Waals surface area contributed by atoms with Gasteiger partial charge < -0.3 is 5.73 Å².